The van der Waals surface area contributed by atoms with Crippen LogP contribution in [0.25, 0.3) is 0 Å². The molecule has 0 bridgehead atoms. The first kappa shape index (κ1) is 7.25. The molecule has 2 rings (SSSR count). The van der Waals surface area contributed by atoms with Crippen molar-refractivity contribution in [1.82, 2.24) is 10.3 Å². The normalized spacial score (nSPS) is 17.2. The highest BCUT2D eigenvalue weighted by atomic mass is 32.1. The molecule has 1 aliphatic carbocycles. The Balaban J connectivity index is 1.85. The van der Waals surface area contributed by atoms with Crippen molar-refractivity contribution >= 4 is 11.3 Å². The van der Waals surface area contributed by atoms with Gasteiger partial charge in [-0.25, -0.2) is 4.98 Å². The van der Waals surface area contributed by atoms with Gasteiger partial charge in [-0.3, -0.25) is 0 Å². The number of nitrogens with one attached hydrogen (secondary N) is 1. The minimum atomic E-state index is 0.803. The van der Waals surface area contributed by atoms with Gasteiger partial charge in [0.1, 0.15) is 0 Å². The third-order valence-electron chi connectivity index (χ3n) is 1.81. The molecule has 0 radical (unpaired) electrons. The van der Waals surface area contributed by atoms with Gasteiger partial charge >= 0.3 is 0 Å². The molecule has 1 N–H and O–H groups in total. The van der Waals surface area contributed by atoms with Crippen molar-refractivity contribution in [1.29, 1.82) is 0 Å². The fourth-order valence-corrected chi connectivity index (χ4v) is 1.77. The second-order valence-corrected chi connectivity index (χ2v) is 4.32. The highest BCUT2D eigenvalue weighted by Crippen LogP contribution is 2.20. The molecular formula is C8H12N2S. The fourth-order valence-electron chi connectivity index (χ4n) is 1.02. The predicted octanol–water partition coefficient (Wildman–Crippen LogP) is 1.70. The van der Waals surface area contributed by atoms with Crippen molar-refractivity contribution in [3.05, 3.63) is 16.1 Å². The number of hydrogen-bond donors (Lipinski definition) is 1. The van der Waals surface area contributed by atoms with Crippen LogP contribution in [0.3, 0.4) is 0 Å². The van der Waals surface area contributed by atoms with Gasteiger partial charge in [0.2, 0.25) is 0 Å². The lowest BCUT2D eigenvalue weighted by molar-refractivity contribution is 0.694. The Morgan fingerprint density at radius 2 is 2.55 bits per heavy atom. The van der Waals surface area contributed by atoms with Crippen LogP contribution in [0.15, 0.2) is 6.20 Å². The van der Waals surface area contributed by atoms with E-state index in [0.29, 0.717) is 0 Å². The van der Waals surface area contributed by atoms with E-state index in [-0.39, 0.29) is 0 Å². The van der Waals surface area contributed by atoms with Gasteiger partial charge in [0.05, 0.1) is 5.01 Å². The Morgan fingerprint density at radius 1 is 1.73 bits per heavy atom. The van der Waals surface area contributed by atoms with Gasteiger partial charge in [0, 0.05) is 23.7 Å². The summed E-state index contributed by atoms with van der Waals surface area (Å²) in [6, 6.07) is 0.803. The second kappa shape index (κ2) is 2.91. The van der Waals surface area contributed by atoms with Gasteiger partial charge in [0.25, 0.3) is 0 Å². The second-order valence-electron chi connectivity index (χ2n) is 3.00. The molecule has 0 saturated heterocycles. The molecule has 1 aromatic heterocycles. The summed E-state index contributed by atoms with van der Waals surface area (Å²) in [4.78, 5) is 5.55. The number of nitrogens with zero attached hydrogens (tertiary/aromatic N) is 1. The van der Waals surface area contributed by atoms with Crippen molar-refractivity contribution in [3.63, 3.8) is 0 Å². The lowest BCUT2D eigenvalue weighted by Crippen LogP contribution is -2.14. The summed E-state index contributed by atoms with van der Waals surface area (Å²) in [5, 5.41) is 4.62. The molecule has 0 spiro atoms. The molecule has 3 heteroatoms. The largest absolute Gasteiger partial charge is 0.309 e. The van der Waals surface area contributed by atoms with Gasteiger partial charge in [-0.1, -0.05) is 0 Å². The van der Waals surface area contributed by atoms with Crippen LogP contribution in [-0.2, 0) is 6.54 Å². The average Bonchev–Trinajstić information content (AvgIpc) is 2.72. The van der Waals surface area contributed by atoms with Gasteiger partial charge in [-0.05, 0) is 19.8 Å². The van der Waals surface area contributed by atoms with Crippen LogP contribution in [0, 0.1) is 6.92 Å². The summed E-state index contributed by atoms with van der Waals surface area (Å²) in [6.45, 7) is 3.06. The summed E-state index contributed by atoms with van der Waals surface area (Å²) in [7, 11) is 0. The number of aromatic nitrogens is 1. The quantitative estimate of drug-likeness (QED) is 0.743. The summed E-state index contributed by atoms with van der Waals surface area (Å²) >= 11 is 1.78. The summed E-state index contributed by atoms with van der Waals surface area (Å²) in [5.74, 6) is 0. The molecule has 0 amide bonds. The third kappa shape index (κ3) is 2.01. The minimum Gasteiger partial charge on any atom is -0.309 e. The van der Waals surface area contributed by atoms with Gasteiger partial charge in [0.15, 0.2) is 0 Å². The van der Waals surface area contributed by atoms with Crippen LogP contribution in [0.4, 0.5) is 0 Å². The van der Waals surface area contributed by atoms with Crippen LogP contribution in [0.1, 0.15) is 22.7 Å². The van der Waals surface area contributed by atoms with E-state index in [2.05, 4.69) is 10.3 Å². The van der Waals surface area contributed by atoms with E-state index >= 15 is 0 Å². The molecule has 1 heterocycles. The number of rotatable bonds is 3. The molecule has 60 valence electrons. The van der Waals surface area contributed by atoms with E-state index in [1.807, 2.05) is 13.1 Å². The van der Waals surface area contributed by atoms with E-state index in [1.165, 1.54) is 17.7 Å². The highest BCUT2D eigenvalue weighted by molar-refractivity contribution is 7.11. The van der Waals surface area contributed by atoms with E-state index in [9.17, 15) is 0 Å². The summed E-state index contributed by atoms with van der Waals surface area (Å²) in [5.41, 5.74) is 0. The molecule has 2 nitrogen and oxygen atoms in total. The zero-order valence-electron chi connectivity index (χ0n) is 6.63. The van der Waals surface area contributed by atoms with Crippen molar-refractivity contribution in [2.75, 3.05) is 0 Å². The van der Waals surface area contributed by atoms with Crippen molar-refractivity contribution < 1.29 is 0 Å². The SMILES string of the molecule is Cc1ncc(CNC2CC2)s1. The van der Waals surface area contributed by atoms with E-state index < -0.39 is 0 Å². The van der Waals surface area contributed by atoms with E-state index in [1.54, 1.807) is 11.3 Å². The van der Waals surface area contributed by atoms with Crippen LogP contribution in [0.2, 0.25) is 0 Å². The summed E-state index contributed by atoms with van der Waals surface area (Å²) in [6.07, 6.45) is 4.69. The lowest BCUT2D eigenvalue weighted by atomic mass is 10.5. The Morgan fingerprint density at radius 3 is 3.09 bits per heavy atom. The summed E-state index contributed by atoms with van der Waals surface area (Å²) < 4.78 is 0. The Labute approximate surface area is 70.7 Å². The highest BCUT2D eigenvalue weighted by Gasteiger charge is 2.20. The molecule has 11 heavy (non-hydrogen) atoms. The lowest BCUT2D eigenvalue weighted by Gasteiger charge is -1.96. The average molecular weight is 168 g/mol. The zero-order chi connectivity index (χ0) is 7.68. The standard InChI is InChI=1S/C8H12N2S/c1-6-9-4-8(11-6)5-10-7-2-3-7/h4,7,10H,2-3,5H2,1H3. The third-order valence-corrected chi connectivity index (χ3v) is 2.72. The first-order valence-electron chi connectivity index (χ1n) is 3.99. The van der Waals surface area contributed by atoms with Crippen LogP contribution >= 0.6 is 11.3 Å². The topological polar surface area (TPSA) is 24.9 Å². The first-order chi connectivity index (χ1) is 5.34. The number of hydrogen-bond acceptors (Lipinski definition) is 3. The Bertz CT molecular complexity index is 240. The maximum Gasteiger partial charge on any atom is 0.0897 e. The van der Waals surface area contributed by atoms with Crippen LogP contribution in [-0.4, -0.2) is 11.0 Å². The minimum absolute atomic E-state index is 0.803. The van der Waals surface area contributed by atoms with Gasteiger partial charge in [-0.2, -0.15) is 0 Å². The predicted molar refractivity (Wildman–Crippen MR) is 46.7 cm³/mol. The molecule has 1 aromatic rings. The first-order valence-corrected chi connectivity index (χ1v) is 4.81. The van der Waals surface area contributed by atoms with E-state index in [4.69, 9.17) is 0 Å². The Hall–Kier alpha value is -0.410. The number of thiazole rings is 1. The molecule has 1 fully saturated rings. The molecule has 0 aromatic carbocycles. The fraction of sp³-hybridized carbons (Fsp3) is 0.625. The van der Waals surface area contributed by atoms with Crippen molar-refractivity contribution in [3.8, 4) is 0 Å². The van der Waals surface area contributed by atoms with Gasteiger partial charge in [-0.15, -0.1) is 11.3 Å². The van der Waals surface area contributed by atoms with Crippen molar-refractivity contribution in [2.45, 2.75) is 32.4 Å². The molecule has 1 saturated carbocycles. The van der Waals surface area contributed by atoms with Crippen LogP contribution in [0.5, 0.6) is 0 Å². The Kier molecular flexibility index (Phi) is 1.92. The maximum absolute atomic E-state index is 4.19. The van der Waals surface area contributed by atoms with Crippen molar-refractivity contribution in [2.24, 2.45) is 0 Å². The number of aryl methyl sites for hydroxylation is 1. The molecule has 0 aliphatic heterocycles. The smallest absolute Gasteiger partial charge is 0.0897 e. The zero-order valence-corrected chi connectivity index (χ0v) is 7.45. The molecule has 0 unspecified atom stereocenters. The monoisotopic (exact) mass is 168 g/mol. The molecular weight excluding hydrogens is 156 g/mol. The molecule has 0 atom stereocenters. The van der Waals surface area contributed by atoms with Gasteiger partial charge < -0.3 is 5.32 Å². The molecule has 1 aliphatic rings. The maximum atomic E-state index is 4.19. The van der Waals surface area contributed by atoms with E-state index in [0.717, 1.165) is 17.6 Å². The van der Waals surface area contributed by atoms with Crippen LogP contribution < -0.4 is 5.32 Å².